The van der Waals surface area contributed by atoms with Crippen LogP contribution in [0.1, 0.15) is 24.3 Å². The molecule has 0 bridgehead atoms. The van der Waals surface area contributed by atoms with Gasteiger partial charge in [-0.15, -0.1) is 0 Å². The first-order valence-corrected chi connectivity index (χ1v) is 6.66. The van der Waals surface area contributed by atoms with Gasteiger partial charge >= 0.3 is 0 Å². The van der Waals surface area contributed by atoms with Crippen LogP contribution in [0.5, 0.6) is 0 Å². The monoisotopic (exact) mass is 274 g/mol. The Balaban J connectivity index is 2.04. The van der Waals surface area contributed by atoms with Crippen molar-refractivity contribution in [3.8, 4) is 0 Å². The van der Waals surface area contributed by atoms with E-state index in [1.54, 1.807) is 25.3 Å². The number of rotatable bonds is 5. The molecule has 1 heterocycles. The summed E-state index contributed by atoms with van der Waals surface area (Å²) in [7, 11) is 1.85. The van der Waals surface area contributed by atoms with Crippen LogP contribution in [0.15, 0.2) is 42.6 Å². The van der Waals surface area contributed by atoms with Gasteiger partial charge in [0.2, 0.25) is 0 Å². The summed E-state index contributed by atoms with van der Waals surface area (Å²) in [5.41, 5.74) is 2.11. The maximum absolute atomic E-state index is 14.0. The second-order valence-electron chi connectivity index (χ2n) is 4.88. The van der Waals surface area contributed by atoms with Gasteiger partial charge in [0.15, 0.2) is 0 Å². The topological polar surface area (TPSA) is 36.4 Å². The molecule has 0 saturated carbocycles. The molecule has 1 aromatic carbocycles. The van der Waals surface area contributed by atoms with Crippen LogP contribution < -0.4 is 4.90 Å². The molecule has 0 radical (unpaired) electrons. The van der Waals surface area contributed by atoms with Gasteiger partial charge in [0.25, 0.3) is 0 Å². The zero-order valence-electron chi connectivity index (χ0n) is 11.8. The summed E-state index contributed by atoms with van der Waals surface area (Å²) < 4.78 is 14.0. The largest absolute Gasteiger partial charge is 0.389 e. The van der Waals surface area contributed by atoms with Crippen LogP contribution in [0.4, 0.5) is 10.1 Å². The van der Waals surface area contributed by atoms with Gasteiger partial charge in [-0.25, -0.2) is 4.39 Å². The third kappa shape index (κ3) is 3.54. The van der Waals surface area contributed by atoms with E-state index in [2.05, 4.69) is 4.98 Å². The molecule has 0 fully saturated rings. The summed E-state index contributed by atoms with van der Waals surface area (Å²) in [5.74, 6) is -0.313. The molecular formula is C16H19FN2O. The lowest BCUT2D eigenvalue weighted by atomic mass is 10.1. The highest BCUT2D eigenvalue weighted by Gasteiger charge is 2.10. The molecule has 1 atom stereocenters. The number of nitrogens with zero attached hydrogens (tertiary/aromatic N) is 2. The van der Waals surface area contributed by atoms with Crippen LogP contribution >= 0.6 is 0 Å². The minimum atomic E-state index is -0.655. The van der Waals surface area contributed by atoms with Crippen LogP contribution in [0.25, 0.3) is 0 Å². The Bertz CT molecular complexity index is 558. The number of hydrogen-bond acceptors (Lipinski definition) is 3. The number of aromatic nitrogens is 1. The second-order valence-corrected chi connectivity index (χ2v) is 4.88. The van der Waals surface area contributed by atoms with Crippen LogP contribution in [-0.2, 0) is 6.42 Å². The van der Waals surface area contributed by atoms with Crippen molar-refractivity contribution in [2.75, 3.05) is 18.5 Å². The number of anilines is 1. The fourth-order valence-electron chi connectivity index (χ4n) is 2.04. The van der Waals surface area contributed by atoms with E-state index >= 15 is 0 Å². The molecule has 0 aliphatic rings. The van der Waals surface area contributed by atoms with E-state index in [1.165, 1.54) is 6.07 Å². The minimum Gasteiger partial charge on any atom is -0.389 e. The van der Waals surface area contributed by atoms with E-state index in [-0.39, 0.29) is 5.82 Å². The molecule has 106 valence electrons. The van der Waals surface area contributed by atoms with Crippen molar-refractivity contribution in [3.63, 3.8) is 0 Å². The van der Waals surface area contributed by atoms with Crippen LogP contribution in [0.2, 0.25) is 0 Å². The van der Waals surface area contributed by atoms with Crippen molar-refractivity contribution in [1.82, 2.24) is 4.98 Å². The first-order chi connectivity index (χ1) is 9.58. The molecule has 0 unspecified atom stereocenters. The average molecular weight is 274 g/mol. The normalized spacial score (nSPS) is 12.2. The van der Waals surface area contributed by atoms with Crippen molar-refractivity contribution >= 4 is 5.69 Å². The molecule has 1 N–H and O–H groups in total. The van der Waals surface area contributed by atoms with E-state index in [1.807, 2.05) is 30.1 Å². The summed E-state index contributed by atoms with van der Waals surface area (Å²) in [6.07, 6.45) is 1.86. The minimum absolute atomic E-state index is 0.313. The van der Waals surface area contributed by atoms with Crippen LogP contribution in [-0.4, -0.2) is 23.7 Å². The molecule has 0 amide bonds. The standard InChI is InChI=1S/C16H19FN2O/c1-12(20)13-6-7-16(15(17)11-13)19(2)10-8-14-5-3-4-9-18-14/h3-7,9,11-12,20H,8,10H2,1-2H3/t12-/m0/s1. The zero-order chi connectivity index (χ0) is 14.5. The Morgan fingerprint density at radius 1 is 1.30 bits per heavy atom. The molecule has 2 rings (SSSR count). The van der Waals surface area contributed by atoms with Crippen molar-refractivity contribution in [2.24, 2.45) is 0 Å². The van der Waals surface area contributed by atoms with Gasteiger partial charge in [-0.1, -0.05) is 12.1 Å². The summed E-state index contributed by atoms with van der Waals surface area (Å²) in [6.45, 7) is 2.31. The Morgan fingerprint density at radius 3 is 2.70 bits per heavy atom. The molecule has 0 aliphatic heterocycles. The maximum Gasteiger partial charge on any atom is 0.146 e. The molecular weight excluding hydrogens is 255 g/mol. The molecule has 20 heavy (non-hydrogen) atoms. The lowest BCUT2D eigenvalue weighted by Crippen LogP contribution is -2.21. The van der Waals surface area contributed by atoms with Gasteiger partial charge in [-0.05, 0) is 36.8 Å². The maximum atomic E-state index is 14.0. The van der Waals surface area contributed by atoms with E-state index in [9.17, 15) is 9.50 Å². The smallest absolute Gasteiger partial charge is 0.146 e. The van der Waals surface area contributed by atoms with Crippen molar-refractivity contribution < 1.29 is 9.50 Å². The highest BCUT2D eigenvalue weighted by Crippen LogP contribution is 2.22. The molecule has 2 aromatic rings. The summed E-state index contributed by atoms with van der Waals surface area (Å²) >= 11 is 0. The molecule has 0 spiro atoms. The number of aliphatic hydroxyl groups excluding tert-OH is 1. The van der Waals surface area contributed by atoms with Crippen LogP contribution in [0, 0.1) is 5.82 Å². The first kappa shape index (κ1) is 14.5. The third-order valence-electron chi connectivity index (χ3n) is 3.29. The van der Waals surface area contributed by atoms with Gasteiger partial charge in [0, 0.05) is 31.9 Å². The second kappa shape index (κ2) is 6.48. The highest BCUT2D eigenvalue weighted by atomic mass is 19.1. The van der Waals surface area contributed by atoms with Crippen molar-refractivity contribution in [2.45, 2.75) is 19.4 Å². The Morgan fingerprint density at radius 2 is 2.10 bits per heavy atom. The number of aliphatic hydroxyl groups is 1. The summed E-state index contributed by atoms with van der Waals surface area (Å²) in [6, 6.07) is 10.6. The predicted octanol–water partition coefficient (Wildman–Crippen LogP) is 2.95. The SMILES string of the molecule is C[C@H](O)c1ccc(N(C)CCc2ccccn2)c(F)c1. The van der Waals surface area contributed by atoms with E-state index in [4.69, 9.17) is 0 Å². The van der Waals surface area contributed by atoms with Crippen molar-refractivity contribution in [1.29, 1.82) is 0 Å². The first-order valence-electron chi connectivity index (χ1n) is 6.66. The lowest BCUT2D eigenvalue weighted by molar-refractivity contribution is 0.199. The van der Waals surface area contributed by atoms with Gasteiger partial charge in [-0.3, -0.25) is 4.98 Å². The Kier molecular flexibility index (Phi) is 4.69. The summed E-state index contributed by atoms with van der Waals surface area (Å²) in [5, 5.41) is 9.44. The lowest BCUT2D eigenvalue weighted by Gasteiger charge is -2.20. The molecule has 0 saturated heterocycles. The fraction of sp³-hybridized carbons (Fsp3) is 0.312. The van der Waals surface area contributed by atoms with E-state index in [0.717, 1.165) is 12.1 Å². The number of likely N-dealkylation sites (N-methyl/N-ethyl adjacent to an activating group) is 1. The van der Waals surface area contributed by atoms with Gasteiger partial charge in [0.05, 0.1) is 11.8 Å². The zero-order valence-corrected chi connectivity index (χ0v) is 11.8. The van der Waals surface area contributed by atoms with E-state index in [0.29, 0.717) is 17.8 Å². The number of benzene rings is 1. The number of hydrogen-bond donors (Lipinski definition) is 1. The molecule has 4 heteroatoms. The number of halogens is 1. The van der Waals surface area contributed by atoms with E-state index < -0.39 is 6.10 Å². The highest BCUT2D eigenvalue weighted by molar-refractivity contribution is 5.48. The molecule has 3 nitrogen and oxygen atoms in total. The van der Waals surface area contributed by atoms with Crippen molar-refractivity contribution in [3.05, 3.63) is 59.7 Å². The fourth-order valence-corrected chi connectivity index (χ4v) is 2.04. The molecule has 1 aromatic heterocycles. The van der Waals surface area contributed by atoms with Gasteiger partial charge in [0.1, 0.15) is 5.82 Å². The average Bonchev–Trinajstić information content (AvgIpc) is 2.45. The Hall–Kier alpha value is -1.94. The quantitative estimate of drug-likeness (QED) is 0.910. The Labute approximate surface area is 118 Å². The third-order valence-corrected chi connectivity index (χ3v) is 3.29. The predicted molar refractivity (Wildman–Crippen MR) is 78.2 cm³/mol. The van der Waals surface area contributed by atoms with Crippen LogP contribution in [0.3, 0.4) is 0 Å². The van der Waals surface area contributed by atoms with Gasteiger partial charge in [-0.2, -0.15) is 0 Å². The summed E-state index contributed by atoms with van der Waals surface area (Å²) in [4.78, 5) is 6.11. The van der Waals surface area contributed by atoms with Gasteiger partial charge < -0.3 is 10.0 Å². The number of pyridine rings is 1. The molecule has 0 aliphatic carbocycles.